The van der Waals surface area contributed by atoms with Gasteiger partial charge >= 0.3 is 0 Å². The summed E-state index contributed by atoms with van der Waals surface area (Å²) in [7, 11) is 0. The van der Waals surface area contributed by atoms with Crippen LogP contribution < -0.4 is 4.74 Å². The Kier molecular flexibility index (Phi) is 5.66. The Bertz CT molecular complexity index is 522. The number of rotatable bonds is 6. The summed E-state index contributed by atoms with van der Waals surface area (Å²) >= 11 is 3.78. The Morgan fingerprint density at radius 2 is 1.60 bits per heavy atom. The molecule has 1 nitrogen and oxygen atoms in total. The highest BCUT2D eigenvalue weighted by Gasteiger charge is 2.10. The van der Waals surface area contributed by atoms with Crippen LogP contribution in [-0.2, 0) is 6.42 Å². The summed E-state index contributed by atoms with van der Waals surface area (Å²) in [4.78, 5) is 0.385. The maximum Gasteiger partial charge on any atom is 0.122 e. The van der Waals surface area contributed by atoms with E-state index in [1.165, 1.54) is 11.1 Å². The normalized spacial score (nSPS) is 12.4. The molecule has 0 bridgehead atoms. The van der Waals surface area contributed by atoms with Crippen molar-refractivity contribution in [3.63, 3.8) is 0 Å². The predicted octanol–water partition coefficient (Wildman–Crippen LogP) is 5.54. The summed E-state index contributed by atoms with van der Waals surface area (Å²) in [6, 6.07) is 18.9. The second kappa shape index (κ2) is 7.49. The van der Waals surface area contributed by atoms with Crippen LogP contribution in [0, 0.1) is 0 Å². The van der Waals surface area contributed by atoms with Gasteiger partial charge in [-0.3, -0.25) is 0 Å². The molecule has 1 unspecified atom stereocenters. The molecular weight excluding hydrogens is 312 g/mol. The fraction of sp³-hybridized carbons (Fsp3) is 0.333. The highest BCUT2D eigenvalue weighted by molar-refractivity contribution is 9.09. The molecule has 106 valence electrons. The maximum absolute atomic E-state index is 5.87. The third-order valence-electron chi connectivity index (χ3n) is 3.16. The smallest absolute Gasteiger partial charge is 0.122 e. The summed E-state index contributed by atoms with van der Waals surface area (Å²) in [5.74, 6) is 1.01. The van der Waals surface area contributed by atoms with Crippen molar-refractivity contribution in [2.75, 3.05) is 0 Å². The van der Waals surface area contributed by atoms with Crippen LogP contribution in [0.4, 0.5) is 0 Å². The molecule has 0 N–H and O–H groups in total. The van der Waals surface area contributed by atoms with E-state index in [-0.39, 0.29) is 6.10 Å². The summed E-state index contributed by atoms with van der Waals surface area (Å²) in [6.07, 6.45) is 2.28. The number of alkyl halides is 1. The van der Waals surface area contributed by atoms with Crippen molar-refractivity contribution in [3.8, 4) is 5.75 Å². The first kappa shape index (κ1) is 15.1. The van der Waals surface area contributed by atoms with Crippen molar-refractivity contribution in [1.82, 2.24) is 0 Å². The number of aryl methyl sites for hydroxylation is 1. The van der Waals surface area contributed by atoms with Crippen molar-refractivity contribution < 1.29 is 4.74 Å². The average molecular weight is 333 g/mol. The van der Waals surface area contributed by atoms with E-state index < -0.39 is 0 Å². The number of para-hydroxylation sites is 1. The van der Waals surface area contributed by atoms with Crippen molar-refractivity contribution in [1.29, 1.82) is 0 Å². The molecule has 0 aromatic heterocycles. The minimum Gasteiger partial charge on any atom is -0.491 e. The standard InChI is InChI=1S/C18H21BrO/c1-14(2)20-18-11-7-6-10-16(18)12-13-17(19)15-8-4-3-5-9-15/h3-11,14,17H,12-13H2,1-2H3. The fourth-order valence-corrected chi connectivity index (χ4v) is 2.72. The number of benzene rings is 2. The molecule has 0 amide bonds. The van der Waals surface area contributed by atoms with Gasteiger partial charge in [-0.05, 0) is 43.9 Å². The SMILES string of the molecule is CC(C)Oc1ccccc1CCC(Br)c1ccccc1. The van der Waals surface area contributed by atoms with Gasteiger partial charge in [0.1, 0.15) is 5.75 Å². The summed E-state index contributed by atoms with van der Waals surface area (Å²) in [6.45, 7) is 4.13. The fourth-order valence-electron chi connectivity index (χ4n) is 2.19. The Hall–Kier alpha value is -1.28. The molecule has 20 heavy (non-hydrogen) atoms. The van der Waals surface area contributed by atoms with Crippen LogP contribution in [0.3, 0.4) is 0 Å². The van der Waals surface area contributed by atoms with Crippen LogP contribution in [0.15, 0.2) is 54.6 Å². The van der Waals surface area contributed by atoms with Crippen molar-refractivity contribution in [2.45, 2.75) is 37.6 Å². The van der Waals surface area contributed by atoms with Gasteiger partial charge in [0.25, 0.3) is 0 Å². The van der Waals surface area contributed by atoms with Crippen LogP contribution in [-0.4, -0.2) is 6.10 Å². The van der Waals surface area contributed by atoms with Gasteiger partial charge in [-0.2, -0.15) is 0 Å². The highest BCUT2D eigenvalue weighted by atomic mass is 79.9. The van der Waals surface area contributed by atoms with E-state index in [0.29, 0.717) is 4.83 Å². The first-order chi connectivity index (χ1) is 9.66. The Labute approximate surface area is 130 Å². The Balaban J connectivity index is 2.00. The van der Waals surface area contributed by atoms with Crippen LogP contribution in [0.1, 0.15) is 36.2 Å². The van der Waals surface area contributed by atoms with Gasteiger partial charge in [-0.15, -0.1) is 0 Å². The minimum atomic E-state index is 0.213. The maximum atomic E-state index is 5.87. The van der Waals surface area contributed by atoms with Gasteiger partial charge in [0.15, 0.2) is 0 Å². The lowest BCUT2D eigenvalue weighted by molar-refractivity contribution is 0.240. The van der Waals surface area contributed by atoms with Gasteiger partial charge in [-0.25, -0.2) is 0 Å². The summed E-state index contributed by atoms with van der Waals surface area (Å²) in [5.41, 5.74) is 2.61. The lowest BCUT2D eigenvalue weighted by Crippen LogP contribution is -2.07. The number of ether oxygens (including phenoxy) is 1. The zero-order valence-corrected chi connectivity index (χ0v) is 13.6. The molecule has 0 heterocycles. The second-order valence-electron chi connectivity index (χ2n) is 5.19. The third kappa shape index (κ3) is 4.38. The van der Waals surface area contributed by atoms with E-state index >= 15 is 0 Å². The molecule has 2 aromatic rings. The molecule has 1 atom stereocenters. The van der Waals surface area contributed by atoms with Crippen LogP contribution in [0.2, 0.25) is 0 Å². The van der Waals surface area contributed by atoms with Gasteiger partial charge in [-0.1, -0.05) is 64.5 Å². The zero-order chi connectivity index (χ0) is 14.4. The molecular formula is C18H21BrO. The average Bonchev–Trinajstić information content (AvgIpc) is 2.46. The first-order valence-electron chi connectivity index (χ1n) is 7.10. The molecule has 2 rings (SSSR count). The number of hydrogen-bond donors (Lipinski definition) is 0. The lowest BCUT2D eigenvalue weighted by Gasteiger charge is -2.15. The van der Waals surface area contributed by atoms with E-state index in [0.717, 1.165) is 18.6 Å². The molecule has 0 spiro atoms. The molecule has 0 saturated heterocycles. The van der Waals surface area contributed by atoms with E-state index in [2.05, 4.69) is 78.3 Å². The number of halogens is 1. The monoisotopic (exact) mass is 332 g/mol. The lowest BCUT2D eigenvalue weighted by atomic mass is 10.0. The Morgan fingerprint density at radius 3 is 2.30 bits per heavy atom. The van der Waals surface area contributed by atoms with Crippen LogP contribution in [0.5, 0.6) is 5.75 Å². The van der Waals surface area contributed by atoms with E-state index in [9.17, 15) is 0 Å². The van der Waals surface area contributed by atoms with Gasteiger partial charge < -0.3 is 4.74 Å². The zero-order valence-electron chi connectivity index (χ0n) is 12.1. The van der Waals surface area contributed by atoms with Gasteiger partial charge in [0.2, 0.25) is 0 Å². The van der Waals surface area contributed by atoms with Gasteiger partial charge in [0.05, 0.1) is 6.10 Å². The molecule has 0 saturated carbocycles. The molecule has 0 radical (unpaired) electrons. The van der Waals surface area contributed by atoms with Crippen LogP contribution in [0.25, 0.3) is 0 Å². The van der Waals surface area contributed by atoms with Gasteiger partial charge in [0, 0.05) is 4.83 Å². The topological polar surface area (TPSA) is 9.23 Å². The van der Waals surface area contributed by atoms with E-state index in [4.69, 9.17) is 4.74 Å². The first-order valence-corrected chi connectivity index (χ1v) is 8.02. The minimum absolute atomic E-state index is 0.213. The summed E-state index contributed by atoms with van der Waals surface area (Å²) in [5, 5.41) is 0. The molecule has 0 fully saturated rings. The van der Waals surface area contributed by atoms with Crippen molar-refractivity contribution in [2.24, 2.45) is 0 Å². The van der Waals surface area contributed by atoms with Crippen molar-refractivity contribution in [3.05, 3.63) is 65.7 Å². The van der Waals surface area contributed by atoms with E-state index in [1.807, 2.05) is 6.07 Å². The van der Waals surface area contributed by atoms with Crippen molar-refractivity contribution >= 4 is 15.9 Å². The highest BCUT2D eigenvalue weighted by Crippen LogP contribution is 2.30. The molecule has 0 aliphatic carbocycles. The molecule has 0 aliphatic rings. The second-order valence-corrected chi connectivity index (χ2v) is 6.30. The van der Waals surface area contributed by atoms with E-state index in [1.54, 1.807) is 0 Å². The largest absolute Gasteiger partial charge is 0.491 e. The molecule has 2 heteroatoms. The quantitative estimate of drug-likeness (QED) is 0.631. The molecule has 0 aliphatic heterocycles. The predicted molar refractivity (Wildman–Crippen MR) is 88.6 cm³/mol. The third-order valence-corrected chi connectivity index (χ3v) is 4.15. The molecule has 2 aromatic carbocycles. The number of hydrogen-bond acceptors (Lipinski definition) is 1. The van der Waals surface area contributed by atoms with Crippen LogP contribution >= 0.6 is 15.9 Å². The summed E-state index contributed by atoms with van der Waals surface area (Å²) < 4.78 is 5.87. The Morgan fingerprint density at radius 1 is 0.950 bits per heavy atom.